The molecular formula is C12H11N3S2. The van der Waals surface area contributed by atoms with Crippen molar-refractivity contribution in [2.45, 2.75) is 13.5 Å². The lowest BCUT2D eigenvalue weighted by Gasteiger charge is -2.00. The topological polar surface area (TPSA) is 33.6 Å². The molecule has 3 aromatic heterocycles. The predicted molar refractivity (Wildman–Crippen MR) is 73.1 cm³/mol. The summed E-state index contributed by atoms with van der Waals surface area (Å²) in [5, 5.41) is 0. The highest BCUT2D eigenvalue weighted by atomic mass is 32.1. The van der Waals surface area contributed by atoms with E-state index in [-0.39, 0.29) is 0 Å². The summed E-state index contributed by atoms with van der Waals surface area (Å²) in [5.41, 5.74) is 1.91. The Morgan fingerprint density at radius 1 is 1.41 bits per heavy atom. The molecule has 0 unspecified atom stereocenters. The summed E-state index contributed by atoms with van der Waals surface area (Å²) in [5.74, 6) is 0. The van der Waals surface area contributed by atoms with Crippen molar-refractivity contribution in [1.82, 2.24) is 14.5 Å². The van der Waals surface area contributed by atoms with Crippen LogP contribution in [0.2, 0.25) is 0 Å². The Morgan fingerprint density at radius 2 is 2.29 bits per heavy atom. The van der Waals surface area contributed by atoms with Crippen LogP contribution in [-0.2, 0) is 6.54 Å². The lowest BCUT2D eigenvalue weighted by Crippen LogP contribution is -1.98. The zero-order chi connectivity index (χ0) is 11.8. The molecule has 3 rings (SSSR count). The fourth-order valence-corrected chi connectivity index (χ4v) is 3.00. The third-order valence-electron chi connectivity index (χ3n) is 2.64. The molecular weight excluding hydrogens is 250 g/mol. The first-order chi connectivity index (χ1) is 8.24. The lowest BCUT2D eigenvalue weighted by molar-refractivity contribution is 0.813. The molecule has 0 amide bonds. The number of H-pyrrole nitrogens is 1. The second kappa shape index (κ2) is 4.09. The van der Waals surface area contributed by atoms with Crippen LogP contribution in [0.1, 0.15) is 9.75 Å². The molecule has 0 aliphatic carbocycles. The molecule has 0 fully saturated rings. The van der Waals surface area contributed by atoms with E-state index in [2.05, 4.69) is 29.0 Å². The zero-order valence-corrected chi connectivity index (χ0v) is 10.9. The third kappa shape index (κ3) is 1.92. The van der Waals surface area contributed by atoms with Crippen LogP contribution in [0.15, 0.2) is 30.5 Å². The number of hydrogen-bond acceptors (Lipinski definition) is 3. The van der Waals surface area contributed by atoms with Crippen molar-refractivity contribution in [1.29, 1.82) is 0 Å². The molecule has 1 N–H and O–H groups in total. The molecule has 0 atom stereocenters. The van der Waals surface area contributed by atoms with Gasteiger partial charge in [-0.1, -0.05) is 0 Å². The van der Waals surface area contributed by atoms with E-state index in [0.717, 1.165) is 22.5 Å². The van der Waals surface area contributed by atoms with Crippen LogP contribution in [0.4, 0.5) is 0 Å². The number of thiophene rings is 1. The number of imidazole rings is 1. The van der Waals surface area contributed by atoms with E-state index in [4.69, 9.17) is 12.2 Å². The zero-order valence-electron chi connectivity index (χ0n) is 9.30. The summed E-state index contributed by atoms with van der Waals surface area (Å²) in [6.07, 6.45) is 1.79. The highest BCUT2D eigenvalue weighted by Crippen LogP contribution is 2.19. The van der Waals surface area contributed by atoms with Gasteiger partial charge in [0.15, 0.2) is 10.4 Å². The molecule has 0 saturated heterocycles. The van der Waals surface area contributed by atoms with Gasteiger partial charge >= 0.3 is 0 Å². The number of aryl methyl sites for hydroxylation is 1. The highest BCUT2D eigenvalue weighted by Gasteiger charge is 2.06. The van der Waals surface area contributed by atoms with Crippen LogP contribution >= 0.6 is 23.6 Å². The molecule has 0 aliphatic heterocycles. The molecule has 17 heavy (non-hydrogen) atoms. The molecule has 0 radical (unpaired) electrons. The standard InChI is InChI=1S/C12H11N3S2/c1-8-4-5-9(17-8)7-15-11-10(14-12(15)16)3-2-6-13-11/h2-6H,7H2,1H3,(H,14,16). The van der Waals surface area contributed by atoms with E-state index < -0.39 is 0 Å². The van der Waals surface area contributed by atoms with Gasteiger partial charge in [0.25, 0.3) is 0 Å². The van der Waals surface area contributed by atoms with Gasteiger partial charge in [-0.3, -0.25) is 4.57 Å². The molecule has 3 heterocycles. The normalized spacial score (nSPS) is 11.1. The number of nitrogens with zero attached hydrogens (tertiary/aromatic N) is 2. The van der Waals surface area contributed by atoms with E-state index in [1.165, 1.54) is 9.75 Å². The number of hydrogen-bond donors (Lipinski definition) is 1. The van der Waals surface area contributed by atoms with Gasteiger partial charge in [-0.25, -0.2) is 4.98 Å². The summed E-state index contributed by atoms with van der Waals surface area (Å²) in [4.78, 5) is 10.2. The van der Waals surface area contributed by atoms with Gasteiger partial charge < -0.3 is 4.98 Å². The van der Waals surface area contributed by atoms with Gasteiger partial charge in [-0.15, -0.1) is 11.3 Å². The Morgan fingerprint density at radius 3 is 3.06 bits per heavy atom. The number of fused-ring (bicyclic) bond motifs is 1. The number of nitrogens with one attached hydrogen (secondary N) is 1. The molecule has 3 aromatic rings. The molecule has 0 bridgehead atoms. The molecule has 3 nitrogen and oxygen atoms in total. The van der Waals surface area contributed by atoms with E-state index in [1.54, 1.807) is 17.5 Å². The molecule has 0 spiro atoms. The second-order valence-electron chi connectivity index (χ2n) is 3.90. The summed E-state index contributed by atoms with van der Waals surface area (Å²) in [7, 11) is 0. The monoisotopic (exact) mass is 261 g/mol. The average Bonchev–Trinajstić information content (AvgIpc) is 2.85. The van der Waals surface area contributed by atoms with Crippen LogP contribution in [-0.4, -0.2) is 14.5 Å². The average molecular weight is 261 g/mol. The number of rotatable bonds is 2. The smallest absolute Gasteiger partial charge is 0.179 e. The third-order valence-corrected chi connectivity index (χ3v) is 3.95. The highest BCUT2D eigenvalue weighted by molar-refractivity contribution is 7.71. The summed E-state index contributed by atoms with van der Waals surface area (Å²) >= 11 is 7.13. The van der Waals surface area contributed by atoms with Crippen molar-refractivity contribution in [3.05, 3.63) is 45.0 Å². The maximum absolute atomic E-state index is 5.33. The Kier molecular flexibility index (Phi) is 2.57. The van der Waals surface area contributed by atoms with Gasteiger partial charge in [0.2, 0.25) is 0 Å². The van der Waals surface area contributed by atoms with Crippen LogP contribution in [0.25, 0.3) is 11.2 Å². The van der Waals surface area contributed by atoms with Crippen molar-refractivity contribution in [2.75, 3.05) is 0 Å². The fraction of sp³-hybridized carbons (Fsp3) is 0.167. The van der Waals surface area contributed by atoms with Crippen LogP contribution in [0.3, 0.4) is 0 Å². The first kappa shape index (κ1) is 10.7. The quantitative estimate of drug-likeness (QED) is 0.716. The first-order valence-electron chi connectivity index (χ1n) is 5.33. The lowest BCUT2D eigenvalue weighted by atomic mass is 10.4. The summed E-state index contributed by atoms with van der Waals surface area (Å²) in [6, 6.07) is 8.18. The maximum atomic E-state index is 5.33. The summed E-state index contributed by atoms with van der Waals surface area (Å²) < 4.78 is 2.76. The maximum Gasteiger partial charge on any atom is 0.179 e. The number of aromatic amines is 1. The SMILES string of the molecule is Cc1ccc(Cn2c(=S)[nH]c3cccnc32)s1. The Hall–Kier alpha value is -1.46. The molecule has 0 aliphatic rings. The van der Waals surface area contributed by atoms with Crippen LogP contribution < -0.4 is 0 Å². The van der Waals surface area contributed by atoms with Gasteiger partial charge in [-0.05, 0) is 43.4 Å². The molecule has 0 aromatic carbocycles. The minimum absolute atomic E-state index is 0.727. The van der Waals surface area contributed by atoms with Crippen molar-refractivity contribution < 1.29 is 0 Å². The van der Waals surface area contributed by atoms with Crippen molar-refractivity contribution in [2.24, 2.45) is 0 Å². The Balaban J connectivity index is 2.11. The number of pyridine rings is 1. The molecule has 0 saturated carbocycles. The van der Waals surface area contributed by atoms with Crippen LogP contribution in [0.5, 0.6) is 0 Å². The minimum atomic E-state index is 0.727. The fourth-order valence-electron chi connectivity index (χ4n) is 1.86. The second-order valence-corrected chi connectivity index (χ2v) is 5.66. The minimum Gasteiger partial charge on any atom is -0.329 e. The number of aromatic nitrogens is 3. The van der Waals surface area contributed by atoms with Crippen molar-refractivity contribution in [3.8, 4) is 0 Å². The molecule has 86 valence electrons. The predicted octanol–water partition coefficient (Wildman–Crippen LogP) is 3.51. The van der Waals surface area contributed by atoms with Crippen LogP contribution in [0, 0.1) is 11.7 Å². The van der Waals surface area contributed by atoms with Crippen molar-refractivity contribution >= 4 is 34.7 Å². The van der Waals surface area contributed by atoms with E-state index in [9.17, 15) is 0 Å². The van der Waals surface area contributed by atoms with Gasteiger partial charge in [0.05, 0.1) is 12.1 Å². The first-order valence-corrected chi connectivity index (χ1v) is 6.55. The van der Waals surface area contributed by atoms with Gasteiger partial charge in [0.1, 0.15) is 0 Å². The van der Waals surface area contributed by atoms with Gasteiger partial charge in [-0.2, -0.15) is 0 Å². The largest absolute Gasteiger partial charge is 0.329 e. The van der Waals surface area contributed by atoms with Crippen molar-refractivity contribution in [3.63, 3.8) is 0 Å². The molecule has 5 heteroatoms. The Bertz CT molecular complexity index is 721. The summed E-state index contributed by atoms with van der Waals surface area (Å²) in [6.45, 7) is 2.90. The Labute approximate surface area is 108 Å². The van der Waals surface area contributed by atoms with E-state index >= 15 is 0 Å². The van der Waals surface area contributed by atoms with Gasteiger partial charge in [0, 0.05) is 16.0 Å². The van der Waals surface area contributed by atoms with E-state index in [0.29, 0.717) is 0 Å². The van der Waals surface area contributed by atoms with E-state index in [1.807, 2.05) is 16.7 Å².